The second-order valence-electron chi connectivity index (χ2n) is 5.47. The Morgan fingerprint density at radius 3 is 2.76 bits per heavy atom. The first-order valence-electron chi connectivity index (χ1n) is 7.27. The lowest BCUT2D eigenvalue weighted by Gasteiger charge is -2.15. The number of nitrogens with two attached hydrogens (primary N) is 1. The molecule has 1 aliphatic rings. The average molecular weight is 313 g/mol. The van der Waals surface area contributed by atoms with Crippen LogP contribution in [-0.2, 0) is 11.3 Å². The van der Waals surface area contributed by atoms with Crippen LogP contribution in [0, 0.1) is 12.8 Å². The molecular formula is C14H21ClN4O2. The molecule has 0 aromatic carbocycles. The van der Waals surface area contributed by atoms with Crippen molar-refractivity contribution in [3.05, 3.63) is 16.4 Å². The Morgan fingerprint density at radius 1 is 1.48 bits per heavy atom. The fourth-order valence-electron chi connectivity index (χ4n) is 2.59. The topological polar surface area (TPSA) is 81.2 Å². The van der Waals surface area contributed by atoms with Crippen molar-refractivity contribution in [3.8, 4) is 0 Å². The fourth-order valence-corrected chi connectivity index (χ4v) is 2.93. The normalized spacial score (nSPS) is 18.2. The molecule has 1 aromatic rings. The van der Waals surface area contributed by atoms with E-state index in [0.29, 0.717) is 42.5 Å². The lowest BCUT2D eigenvalue weighted by molar-refractivity contribution is -0.121. The number of nitrogens with zero attached hydrogens (tertiary/aromatic N) is 3. The number of aryl methyl sites for hydroxylation is 2. The van der Waals surface area contributed by atoms with E-state index >= 15 is 0 Å². The maximum atomic E-state index is 12.6. The number of unbranched alkanes of at least 4 members (excludes halogenated alkanes) is 1. The van der Waals surface area contributed by atoms with Gasteiger partial charge >= 0.3 is 0 Å². The molecule has 0 saturated carbocycles. The monoisotopic (exact) mass is 312 g/mol. The highest BCUT2D eigenvalue weighted by Crippen LogP contribution is 2.25. The molecule has 2 amide bonds. The van der Waals surface area contributed by atoms with E-state index < -0.39 is 0 Å². The molecular weight excluding hydrogens is 292 g/mol. The Hall–Kier alpha value is -1.56. The van der Waals surface area contributed by atoms with Crippen LogP contribution in [-0.4, -0.2) is 39.6 Å². The number of aromatic nitrogens is 2. The number of carbonyl (C=O) groups is 2. The number of likely N-dealkylation sites (tertiary alicyclic amines) is 1. The van der Waals surface area contributed by atoms with Gasteiger partial charge in [-0.25, -0.2) is 0 Å². The molecule has 1 atom stereocenters. The van der Waals surface area contributed by atoms with Crippen LogP contribution in [0.2, 0.25) is 5.15 Å². The van der Waals surface area contributed by atoms with E-state index in [0.717, 1.165) is 12.8 Å². The van der Waals surface area contributed by atoms with Gasteiger partial charge in [-0.15, -0.1) is 0 Å². The quantitative estimate of drug-likeness (QED) is 0.896. The largest absolute Gasteiger partial charge is 0.369 e. The molecule has 0 radical (unpaired) electrons. The molecule has 2 N–H and O–H groups in total. The average Bonchev–Trinajstić information content (AvgIpc) is 3.02. The molecule has 1 aromatic heterocycles. The highest BCUT2D eigenvalue weighted by molar-refractivity contribution is 6.33. The zero-order chi connectivity index (χ0) is 15.6. The number of amides is 2. The van der Waals surface area contributed by atoms with E-state index in [4.69, 9.17) is 17.3 Å². The van der Waals surface area contributed by atoms with E-state index in [-0.39, 0.29) is 17.7 Å². The summed E-state index contributed by atoms with van der Waals surface area (Å²) in [6.45, 7) is 5.47. The predicted octanol–water partition coefficient (Wildman–Crippen LogP) is 1.59. The van der Waals surface area contributed by atoms with Gasteiger partial charge in [0.15, 0.2) is 0 Å². The van der Waals surface area contributed by atoms with Crippen LogP contribution < -0.4 is 5.73 Å². The van der Waals surface area contributed by atoms with E-state index in [1.165, 1.54) is 0 Å². The first-order chi connectivity index (χ1) is 9.95. The van der Waals surface area contributed by atoms with Crippen LogP contribution in [0.3, 0.4) is 0 Å². The number of carbonyl (C=O) groups excluding carboxylic acids is 2. The third kappa shape index (κ3) is 3.20. The van der Waals surface area contributed by atoms with Crippen molar-refractivity contribution in [3.63, 3.8) is 0 Å². The molecule has 0 spiro atoms. The summed E-state index contributed by atoms with van der Waals surface area (Å²) in [5.41, 5.74) is 6.37. The molecule has 6 nitrogen and oxygen atoms in total. The van der Waals surface area contributed by atoms with Crippen LogP contribution in [0.4, 0.5) is 0 Å². The molecule has 1 aliphatic heterocycles. The highest BCUT2D eigenvalue weighted by atomic mass is 35.5. The van der Waals surface area contributed by atoms with Gasteiger partial charge in [-0.3, -0.25) is 14.3 Å². The van der Waals surface area contributed by atoms with Gasteiger partial charge in [-0.1, -0.05) is 24.9 Å². The van der Waals surface area contributed by atoms with Crippen LogP contribution in [0.1, 0.15) is 42.2 Å². The summed E-state index contributed by atoms with van der Waals surface area (Å²) in [5.74, 6) is -0.779. The molecule has 2 rings (SSSR count). The van der Waals surface area contributed by atoms with Crippen molar-refractivity contribution >= 4 is 23.4 Å². The molecule has 0 unspecified atom stereocenters. The minimum absolute atomic E-state index is 0.163. The highest BCUT2D eigenvalue weighted by Gasteiger charge is 2.33. The van der Waals surface area contributed by atoms with E-state index in [1.807, 2.05) is 0 Å². The van der Waals surface area contributed by atoms with Crippen molar-refractivity contribution in [1.82, 2.24) is 14.7 Å². The summed E-state index contributed by atoms with van der Waals surface area (Å²) in [4.78, 5) is 25.4. The lowest BCUT2D eigenvalue weighted by Crippen LogP contribution is -2.32. The second kappa shape index (κ2) is 6.47. The Morgan fingerprint density at radius 2 is 2.19 bits per heavy atom. The van der Waals surface area contributed by atoms with Gasteiger partial charge in [0.2, 0.25) is 5.91 Å². The Labute approximate surface area is 129 Å². The Bertz CT molecular complexity index is 555. The summed E-state index contributed by atoms with van der Waals surface area (Å²) in [6, 6.07) is 0. The van der Waals surface area contributed by atoms with Crippen LogP contribution in [0.15, 0.2) is 0 Å². The molecule has 0 bridgehead atoms. The van der Waals surface area contributed by atoms with Crippen molar-refractivity contribution in [2.24, 2.45) is 11.7 Å². The third-order valence-corrected chi connectivity index (χ3v) is 4.26. The van der Waals surface area contributed by atoms with Crippen LogP contribution in [0.25, 0.3) is 0 Å². The minimum atomic E-state index is -0.355. The molecule has 7 heteroatoms. The van der Waals surface area contributed by atoms with Crippen LogP contribution in [0.5, 0.6) is 0 Å². The zero-order valence-corrected chi connectivity index (χ0v) is 13.2. The zero-order valence-electron chi connectivity index (χ0n) is 12.4. The van der Waals surface area contributed by atoms with Crippen molar-refractivity contribution in [2.75, 3.05) is 13.1 Å². The first kappa shape index (κ1) is 15.8. The maximum Gasteiger partial charge on any atom is 0.258 e. The molecule has 21 heavy (non-hydrogen) atoms. The molecule has 1 fully saturated rings. The number of rotatable bonds is 5. The van der Waals surface area contributed by atoms with E-state index in [2.05, 4.69) is 12.0 Å². The second-order valence-corrected chi connectivity index (χ2v) is 5.83. The van der Waals surface area contributed by atoms with Gasteiger partial charge in [-0.2, -0.15) is 5.10 Å². The Balaban J connectivity index is 2.16. The number of hydrogen-bond donors (Lipinski definition) is 1. The van der Waals surface area contributed by atoms with Gasteiger partial charge in [0, 0.05) is 19.6 Å². The van der Waals surface area contributed by atoms with Gasteiger partial charge < -0.3 is 10.6 Å². The van der Waals surface area contributed by atoms with E-state index in [9.17, 15) is 9.59 Å². The molecule has 0 aliphatic carbocycles. The SMILES string of the molecule is CCCCn1nc(C)c(C(=O)N2CC[C@H](C(N)=O)C2)c1Cl. The number of primary amides is 1. The molecule has 116 valence electrons. The van der Waals surface area contributed by atoms with Crippen molar-refractivity contribution in [1.29, 1.82) is 0 Å². The van der Waals surface area contributed by atoms with Gasteiger partial charge in [0.1, 0.15) is 5.15 Å². The molecule has 2 heterocycles. The first-order valence-corrected chi connectivity index (χ1v) is 7.65. The van der Waals surface area contributed by atoms with Gasteiger partial charge in [0.25, 0.3) is 5.91 Å². The van der Waals surface area contributed by atoms with Gasteiger partial charge in [-0.05, 0) is 19.8 Å². The summed E-state index contributed by atoms with van der Waals surface area (Å²) < 4.78 is 1.68. The standard InChI is InChI=1S/C14H21ClN4O2/c1-3-4-6-19-12(15)11(9(2)17-19)14(21)18-7-5-10(8-18)13(16)20/h10H,3-8H2,1-2H3,(H2,16,20)/t10-/m0/s1. The Kier molecular flexibility index (Phi) is 4.88. The number of halogens is 1. The van der Waals surface area contributed by atoms with Crippen molar-refractivity contribution < 1.29 is 9.59 Å². The smallest absolute Gasteiger partial charge is 0.258 e. The summed E-state index contributed by atoms with van der Waals surface area (Å²) in [7, 11) is 0. The third-order valence-electron chi connectivity index (χ3n) is 3.88. The fraction of sp³-hybridized carbons (Fsp3) is 0.643. The van der Waals surface area contributed by atoms with Gasteiger partial charge in [0.05, 0.1) is 17.2 Å². The molecule has 1 saturated heterocycles. The summed E-state index contributed by atoms with van der Waals surface area (Å²) >= 11 is 6.30. The summed E-state index contributed by atoms with van der Waals surface area (Å²) in [6.07, 6.45) is 2.61. The lowest BCUT2D eigenvalue weighted by atomic mass is 10.1. The number of hydrogen-bond acceptors (Lipinski definition) is 3. The van der Waals surface area contributed by atoms with Crippen LogP contribution >= 0.6 is 11.6 Å². The minimum Gasteiger partial charge on any atom is -0.369 e. The van der Waals surface area contributed by atoms with E-state index in [1.54, 1.807) is 16.5 Å². The maximum absolute atomic E-state index is 12.6. The summed E-state index contributed by atoms with van der Waals surface area (Å²) in [5, 5.41) is 4.72. The predicted molar refractivity (Wildman–Crippen MR) is 80.1 cm³/mol. The van der Waals surface area contributed by atoms with Crippen molar-refractivity contribution in [2.45, 2.75) is 39.7 Å².